The third-order valence-electron chi connectivity index (χ3n) is 2.87. The molecule has 1 fully saturated rings. The SMILES string of the molecule is CCc1cccc(C(N)C2CC2)c1. The van der Waals surface area contributed by atoms with Crippen LogP contribution in [0.4, 0.5) is 0 Å². The van der Waals surface area contributed by atoms with Crippen molar-refractivity contribution in [2.45, 2.75) is 32.2 Å². The highest BCUT2D eigenvalue weighted by Gasteiger charge is 2.29. The lowest BCUT2D eigenvalue weighted by Gasteiger charge is -2.11. The van der Waals surface area contributed by atoms with Crippen LogP contribution in [-0.2, 0) is 6.42 Å². The van der Waals surface area contributed by atoms with Gasteiger partial charge in [0.25, 0.3) is 0 Å². The van der Waals surface area contributed by atoms with E-state index in [-0.39, 0.29) is 6.04 Å². The molecule has 0 heterocycles. The van der Waals surface area contributed by atoms with Gasteiger partial charge < -0.3 is 5.73 Å². The number of rotatable bonds is 3. The highest BCUT2D eigenvalue weighted by molar-refractivity contribution is 5.27. The summed E-state index contributed by atoms with van der Waals surface area (Å²) in [5.41, 5.74) is 8.84. The van der Waals surface area contributed by atoms with Crippen molar-refractivity contribution in [2.24, 2.45) is 11.7 Å². The minimum Gasteiger partial charge on any atom is -0.324 e. The van der Waals surface area contributed by atoms with Crippen LogP contribution in [0.3, 0.4) is 0 Å². The predicted octanol–water partition coefficient (Wildman–Crippen LogP) is 2.66. The molecule has 1 aliphatic carbocycles. The topological polar surface area (TPSA) is 26.0 Å². The number of hydrogen-bond acceptors (Lipinski definition) is 1. The van der Waals surface area contributed by atoms with Crippen molar-refractivity contribution in [3.63, 3.8) is 0 Å². The molecule has 13 heavy (non-hydrogen) atoms. The lowest BCUT2D eigenvalue weighted by molar-refractivity contribution is 0.632. The molecule has 1 unspecified atom stereocenters. The second-order valence-electron chi connectivity index (χ2n) is 3.96. The molecule has 1 aromatic carbocycles. The van der Waals surface area contributed by atoms with Crippen LogP contribution >= 0.6 is 0 Å². The van der Waals surface area contributed by atoms with Gasteiger partial charge in [-0.15, -0.1) is 0 Å². The van der Waals surface area contributed by atoms with E-state index in [9.17, 15) is 0 Å². The molecule has 1 heteroatoms. The van der Waals surface area contributed by atoms with E-state index in [2.05, 4.69) is 31.2 Å². The average molecular weight is 175 g/mol. The van der Waals surface area contributed by atoms with E-state index in [1.807, 2.05) is 0 Å². The summed E-state index contributed by atoms with van der Waals surface area (Å²) >= 11 is 0. The fourth-order valence-corrected chi connectivity index (χ4v) is 1.75. The molecular weight excluding hydrogens is 158 g/mol. The quantitative estimate of drug-likeness (QED) is 0.751. The molecule has 0 aliphatic heterocycles. The molecule has 0 bridgehead atoms. The Labute approximate surface area is 80.0 Å². The van der Waals surface area contributed by atoms with Crippen LogP contribution in [0.1, 0.15) is 36.9 Å². The van der Waals surface area contributed by atoms with Crippen molar-refractivity contribution in [3.8, 4) is 0 Å². The fraction of sp³-hybridized carbons (Fsp3) is 0.500. The highest BCUT2D eigenvalue weighted by Crippen LogP contribution is 2.39. The molecule has 1 aliphatic rings. The molecule has 1 nitrogen and oxygen atoms in total. The van der Waals surface area contributed by atoms with E-state index in [0.29, 0.717) is 0 Å². The summed E-state index contributed by atoms with van der Waals surface area (Å²) in [6.45, 7) is 2.18. The molecule has 1 atom stereocenters. The first-order valence-electron chi connectivity index (χ1n) is 5.15. The Morgan fingerprint density at radius 1 is 1.46 bits per heavy atom. The zero-order valence-electron chi connectivity index (χ0n) is 8.16. The maximum Gasteiger partial charge on any atom is 0.0323 e. The number of nitrogens with two attached hydrogens (primary N) is 1. The zero-order chi connectivity index (χ0) is 9.26. The maximum absolute atomic E-state index is 6.12. The summed E-state index contributed by atoms with van der Waals surface area (Å²) < 4.78 is 0. The first-order valence-corrected chi connectivity index (χ1v) is 5.15. The van der Waals surface area contributed by atoms with Gasteiger partial charge in [-0.2, -0.15) is 0 Å². The fourth-order valence-electron chi connectivity index (χ4n) is 1.75. The first-order chi connectivity index (χ1) is 6.31. The minimum absolute atomic E-state index is 0.284. The average Bonchev–Trinajstić information content (AvgIpc) is 3.00. The van der Waals surface area contributed by atoms with Gasteiger partial charge in [0.15, 0.2) is 0 Å². The molecule has 0 radical (unpaired) electrons. The second-order valence-corrected chi connectivity index (χ2v) is 3.96. The summed E-state index contributed by atoms with van der Waals surface area (Å²) in [6, 6.07) is 8.98. The molecule has 0 aromatic heterocycles. The Morgan fingerprint density at radius 2 is 2.23 bits per heavy atom. The van der Waals surface area contributed by atoms with E-state index in [1.165, 1.54) is 24.0 Å². The third kappa shape index (κ3) is 1.92. The summed E-state index contributed by atoms with van der Waals surface area (Å²) in [5, 5.41) is 0. The lowest BCUT2D eigenvalue weighted by Crippen LogP contribution is -2.12. The lowest BCUT2D eigenvalue weighted by atomic mass is 10.0. The zero-order valence-corrected chi connectivity index (χ0v) is 8.16. The minimum atomic E-state index is 0.284. The largest absolute Gasteiger partial charge is 0.324 e. The van der Waals surface area contributed by atoms with Crippen LogP contribution in [0.15, 0.2) is 24.3 Å². The Bertz CT molecular complexity index is 289. The Kier molecular flexibility index (Phi) is 2.36. The summed E-state index contributed by atoms with van der Waals surface area (Å²) in [6.07, 6.45) is 3.74. The number of hydrogen-bond donors (Lipinski definition) is 1. The van der Waals surface area contributed by atoms with Crippen LogP contribution in [-0.4, -0.2) is 0 Å². The Morgan fingerprint density at radius 3 is 2.85 bits per heavy atom. The van der Waals surface area contributed by atoms with Crippen LogP contribution < -0.4 is 5.73 Å². The van der Waals surface area contributed by atoms with E-state index in [1.54, 1.807) is 0 Å². The molecule has 2 N–H and O–H groups in total. The standard InChI is InChI=1S/C12H17N/c1-2-9-4-3-5-11(8-9)12(13)10-6-7-10/h3-5,8,10,12H,2,6-7,13H2,1H3. The summed E-state index contributed by atoms with van der Waals surface area (Å²) in [7, 11) is 0. The number of benzene rings is 1. The van der Waals surface area contributed by atoms with Crippen LogP contribution in [0.2, 0.25) is 0 Å². The van der Waals surface area contributed by atoms with Gasteiger partial charge in [0, 0.05) is 6.04 Å². The molecule has 1 aromatic rings. The van der Waals surface area contributed by atoms with Crippen molar-refractivity contribution >= 4 is 0 Å². The Hall–Kier alpha value is -0.820. The normalized spacial score (nSPS) is 18.6. The second kappa shape index (κ2) is 3.51. The molecule has 0 spiro atoms. The van der Waals surface area contributed by atoms with Gasteiger partial charge in [-0.25, -0.2) is 0 Å². The maximum atomic E-state index is 6.12. The van der Waals surface area contributed by atoms with E-state index in [4.69, 9.17) is 5.73 Å². The molecule has 1 saturated carbocycles. The van der Waals surface area contributed by atoms with Crippen molar-refractivity contribution in [1.29, 1.82) is 0 Å². The van der Waals surface area contributed by atoms with E-state index < -0.39 is 0 Å². The van der Waals surface area contributed by atoms with Gasteiger partial charge in [-0.05, 0) is 36.3 Å². The molecule has 0 saturated heterocycles. The van der Waals surface area contributed by atoms with Gasteiger partial charge in [-0.1, -0.05) is 31.2 Å². The molecule has 0 amide bonds. The molecule has 2 rings (SSSR count). The number of aryl methyl sites for hydroxylation is 1. The van der Waals surface area contributed by atoms with Crippen LogP contribution in [0.5, 0.6) is 0 Å². The molecular formula is C12H17N. The monoisotopic (exact) mass is 175 g/mol. The van der Waals surface area contributed by atoms with Gasteiger partial charge in [0.05, 0.1) is 0 Å². The van der Waals surface area contributed by atoms with Gasteiger partial charge in [0.1, 0.15) is 0 Å². The van der Waals surface area contributed by atoms with Crippen LogP contribution in [0, 0.1) is 5.92 Å². The Balaban J connectivity index is 2.18. The summed E-state index contributed by atoms with van der Waals surface area (Å²) in [5.74, 6) is 0.757. The van der Waals surface area contributed by atoms with Crippen LogP contribution in [0.25, 0.3) is 0 Å². The third-order valence-corrected chi connectivity index (χ3v) is 2.87. The first kappa shape index (κ1) is 8.76. The van der Waals surface area contributed by atoms with Crippen molar-refractivity contribution in [2.75, 3.05) is 0 Å². The van der Waals surface area contributed by atoms with Gasteiger partial charge >= 0.3 is 0 Å². The van der Waals surface area contributed by atoms with Crippen molar-refractivity contribution in [3.05, 3.63) is 35.4 Å². The van der Waals surface area contributed by atoms with E-state index >= 15 is 0 Å². The molecule has 70 valence electrons. The summed E-state index contributed by atoms with van der Waals surface area (Å²) in [4.78, 5) is 0. The van der Waals surface area contributed by atoms with E-state index in [0.717, 1.165) is 12.3 Å². The van der Waals surface area contributed by atoms with Crippen molar-refractivity contribution < 1.29 is 0 Å². The van der Waals surface area contributed by atoms with Gasteiger partial charge in [0.2, 0.25) is 0 Å². The highest BCUT2D eigenvalue weighted by atomic mass is 14.7. The van der Waals surface area contributed by atoms with Gasteiger partial charge in [-0.3, -0.25) is 0 Å². The smallest absolute Gasteiger partial charge is 0.0323 e. The van der Waals surface area contributed by atoms with Crippen molar-refractivity contribution in [1.82, 2.24) is 0 Å². The predicted molar refractivity (Wildman–Crippen MR) is 55.5 cm³/mol.